The molecular formula is C24H32N4O3S2. The number of rotatable bonds is 11. The maximum Gasteiger partial charge on any atom is 0.316 e. The van der Waals surface area contributed by atoms with Crippen molar-refractivity contribution in [2.75, 3.05) is 30.5 Å². The van der Waals surface area contributed by atoms with Gasteiger partial charge in [-0.1, -0.05) is 12.5 Å². The van der Waals surface area contributed by atoms with Gasteiger partial charge in [0.05, 0.1) is 17.1 Å². The van der Waals surface area contributed by atoms with E-state index in [9.17, 15) is 9.90 Å². The van der Waals surface area contributed by atoms with E-state index in [1.54, 1.807) is 12.4 Å². The van der Waals surface area contributed by atoms with Crippen LogP contribution in [-0.4, -0.2) is 55.3 Å². The Hall–Kier alpha value is -2.00. The molecule has 2 N–H and O–H groups in total. The van der Waals surface area contributed by atoms with Crippen molar-refractivity contribution in [2.24, 2.45) is 0 Å². The van der Waals surface area contributed by atoms with Gasteiger partial charge in [0.25, 0.3) is 0 Å². The predicted octanol–water partition coefficient (Wildman–Crippen LogP) is 4.78. The maximum absolute atomic E-state index is 12.0. The first kappa shape index (κ1) is 24.1. The monoisotopic (exact) mass is 488 g/mol. The number of nitrogens with one attached hydrogen (secondary N) is 1. The van der Waals surface area contributed by atoms with Gasteiger partial charge in [0.1, 0.15) is 5.82 Å². The highest BCUT2D eigenvalue weighted by Crippen LogP contribution is 2.51. The Balaban J connectivity index is 1.30. The van der Waals surface area contributed by atoms with Gasteiger partial charge in [0, 0.05) is 41.7 Å². The Kier molecular flexibility index (Phi) is 8.35. The second kappa shape index (κ2) is 11.4. The zero-order valence-electron chi connectivity index (χ0n) is 19.1. The fourth-order valence-corrected chi connectivity index (χ4v) is 7.87. The lowest BCUT2D eigenvalue weighted by Gasteiger charge is -2.28. The van der Waals surface area contributed by atoms with Gasteiger partial charge < -0.3 is 15.2 Å². The van der Waals surface area contributed by atoms with Gasteiger partial charge in [0.15, 0.2) is 0 Å². The van der Waals surface area contributed by atoms with E-state index in [1.807, 2.05) is 23.5 Å². The molecule has 9 heteroatoms. The van der Waals surface area contributed by atoms with Crippen molar-refractivity contribution in [2.45, 2.75) is 61.4 Å². The molecule has 1 fully saturated rings. The number of carboxylic acid groups (broad SMARTS) is 1. The predicted molar refractivity (Wildman–Crippen MR) is 134 cm³/mol. The number of nitrogens with zero attached hydrogens (tertiary/aromatic N) is 3. The Bertz CT molecular complexity index is 936. The third kappa shape index (κ3) is 6.32. The molecule has 2 aliphatic heterocycles. The number of methoxy groups -OCH3 is 1. The number of hydrogen-bond donors (Lipinski definition) is 2. The lowest BCUT2D eigenvalue weighted by Crippen LogP contribution is -2.21. The van der Waals surface area contributed by atoms with Crippen LogP contribution < -0.4 is 10.1 Å². The number of unbranched alkanes of at least 4 members (excludes halogenated alkanes) is 1. The molecular weight excluding hydrogens is 456 g/mol. The molecule has 0 aliphatic carbocycles. The molecule has 2 aromatic heterocycles. The van der Waals surface area contributed by atoms with Crippen LogP contribution in [0.1, 0.15) is 61.3 Å². The number of hydrogen-bond acceptors (Lipinski definition) is 8. The number of ether oxygens (including phenoxy) is 1. The van der Waals surface area contributed by atoms with Gasteiger partial charge in [-0.25, -0.2) is 15.0 Å². The summed E-state index contributed by atoms with van der Waals surface area (Å²) in [4.78, 5) is 25.0. The molecule has 1 saturated heterocycles. The fourth-order valence-electron chi connectivity index (χ4n) is 4.53. The minimum atomic E-state index is -0.820. The van der Waals surface area contributed by atoms with Crippen LogP contribution >= 0.6 is 23.5 Å². The summed E-state index contributed by atoms with van der Waals surface area (Å²) in [6.07, 6.45) is 11.2. The number of carbonyl (C=O) groups is 1. The highest BCUT2D eigenvalue weighted by Gasteiger charge is 2.36. The second-order valence-corrected chi connectivity index (χ2v) is 11.8. The van der Waals surface area contributed by atoms with Crippen LogP contribution in [0.25, 0.3) is 0 Å². The third-order valence-corrected chi connectivity index (χ3v) is 10.0. The molecule has 4 rings (SSSR count). The standard InChI is InChI=1S/C24H32N4O3S2/c1-31-23-26-15-18(16-27-23)20(22(29)30)9-11-24(32-13-14-33-24)10-3-2-6-19-8-7-17-5-4-12-25-21(17)28-19/h7-8,15-16,20H,2-6,9-14H2,1H3,(H,25,28)(H,29,30). The average molecular weight is 489 g/mol. The largest absolute Gasteiger partial charge is 0.481 e. The molecule has 4 heterocycles. The van der Waals surface area contributed by atoms with Gasteiger partial charge >= 0.3 is 12.0 Å². The number of pyridine rings is 1. The number of aromatic nitrogens is 3. The number of thioether (sulfide) groups is 2. The molecule has 0 amide bonds. The first-order valence-electron chi connectivity index (χ1n) is 11.7. The van der Waals surface area contributed by atoms with Crippen molar-refractivity contribution in [3.05, 3.63) is 41.3 Å². The van der Waals surface area contributed by atoms with E-state index in [0.717, 1.165) is 68.1 Å². The number of fused-ring (bicyclic) bond motifs is 1. The molecule has 0 aromatic carbocycles. The molecule has 178 valence electrons. The second-order valence-electron chi connectivity index (χ2n) is 8.59. The number of aryl methyl sites for hydroxylation is 2. The maximum atomic E-state index is 12.0. The van der Waals surface area contributed by atoms with E-state index < -0.39 is 11.9 Å². The van der Waals surface area contributed by atoms with Gasteiger partial charge in [-0.3, -0.25) is 4.79 Å². The average Bonchev–Trinajstić information content (AvgIpc) is 3.31. The normalized spacial score (nSPS) is 17.7. The van der Waals surface area contributed by atoms with Gasteiger partial charge in [-0.2, -0.15) is 0 Å². The van der Waals surface area contributed by atoms with Crippen LogP contribution in [0.15, 0.2) is 24.5 Å². The number of carboxylic acids is 1. The topological polar surface area (TPSA) is 97.2 Å². The summed E-state index contributed by atoms with van der Waals surface area (Å²) in [5.74, 6) is 1.92. The van der Waals surface area contributed by atoms with Crippen LogP contribution in [0.3, 0.4) is 0 Å². The molecule has 1 atom stereocenters. The minimum absolute atomic E-state index is 0.103. The summed E-state index contributed by atoms with van der Waals surface area (Å²) in [6.45, 7) is 1.01. The van der Waals surface area contributed by atoms with Crippen LogP contribution in [0.2, 0.25) is 0 Å². The van der Waals surface area contributed by atoms with E-state index in [2.05, 4.69) is 27.4 Å². The van der Waals surface area contributed by atoms with Gasteiger partial charge in [-0.15, -0.1) is 23.5 Å². The summed E-state index contributed by atoms with van der Waals surface area (Å²) < 4.78 is 5.10. The Morgan fingerprint density at radius 2 is 2.00 bits per heavy atom. The van der Waals surface area contributed by atoms with Crippen LogP contribution in [0.4, 0.5) is 5.82 Å². The number of aliphatic carboxylic acids is 1. The number of anilines is 1. The van der Waals surface area contributed by atoms with Crippen LogP contribution in [-0.2, 0) is 17.6 Å². The summed E-state index contributed by atoms with van der Waals surface area (Å²) in [5.41, 5.74) is 3.13. The smallest absolute Gasteiger partial charge is 0.316 e. The molecule has 0 bridgehead atoms. The van der Waals surface area contributed by atoms with Crippen molar-refractivity contribution in [1.82, 2.24) is 15.0 Å². The van der Waals surface area contributed by atoms with Crippen molar-refractivity contribution < 1.29 is 14.6 Å². The lowest BCUT2D eigenvalue weighted by atomic mass is 9.94. The molecule has 33 heavy (non-hydrogen) atoms. The Labute approximate surface area is 203 Å². The molecule has 0 radical (unpaired) electrons. The summed E-state index contributed by atoms with van der Waals surface area (Å²) in [7, 11) is 1.50. The fraction of sp³-hybridized carbons (Fsp3) is 0.583. The van der Waals surface area contributed by atoms with Crippen molar-refractivity contribution in [3.63, 3.8) is 0 Å². The first-order chi connectivity index (χ1) is 16.1. The summed E-state index contributed by atoms with van der Waals surface area (Å²) in [6, 6.07) is 4.66. The molecule has 1 unspecified atom stereocenters. The SMILES string of the molecule is COc1ncc(C(CCC2(CCCCc3ccc4c(n3)NCCC4)SCCS2)C(=O)O)cn1. The first-order valence-corrected chi connectivity index (χ1v) is 13.6. The van der Waals surface area contributed by atoms with Crippen molar-refractivity contribution in [1.29, 1.82) is 0 Å². The van der Waals surface area contributed by atoms with E-state index in [-0.39, 0.29) is 10.1 Å². The minimum Gasteiger partial charge on any atom is -0.481 e. The molecule has 2 aliphatic rings. The molecule has 2 aromatic rings. The zero-order valence-corrected chi connectivity index (χ0v) is 20.7. The van der Waals surface area contributed by atoms with Gasteiger partial charge in [0.2, 0.25) is 0 Å². The quantitative estimate of drug-likeness (QED) is 0.433. The highest BCUT2D eigenvalue weighted by atomic mass is 32.2. The highest BCUT2D eigenvalue weighted by molar-refractivity contribution is 8.21. The Morgan fingerprint density at radius 1 is 1.21 bits per heavy atom. The van der Waals surface area contributed by atoms with E-state index in [4.69, 9.17) is 9.72 Å². The van der Waals surface area contributed by atoms with E-state index in [0.29, 0.717) is 12.0 Å². The van der Waals surface area contributed by atoms with E-state index in [1.165, 1.54) is 19.1 Å². The van der Waals surface area contributed by atoms with Crippen LogP contribution in [0, 0.1) is 0 Å². The van der Waals surface area contributed by atoms with E-state index >= 15 is 0 Å². The zero-order chi connectivity index (χ0) is 23.1. The van der Waals surface area contributed by atoms with Crippen LogP contribution in [0.5, 0.6) is 6.01 Å². The summed E-state index contributed by atoms with van der Waals surface area (Å²) in [5, 5.41) is 13.2. The third-order valence-electron chi connectivity index (χ3n) is 6.35. The Morgan fingerprint density at radius 3 is 2.73 bits per heavy atom. The van der Waals surface area contributed by atoms with Crippen molar-refractivity contribution >= 4 is 35.3 Å². The van der Waals surface area contributed by atoms with Crippen molar-refractivity contribution in [3.8, 4) is 6.01 Å². The summed E-state index contributed by atoms with van der Waals surface area (Å²) >= 11 is 4.01. The molecule has 7 nitrogen and oxygen atoms in total. The van der Waals surface area contributed by atoms with Gasteiger partial charge in [-0.05, 0) is 56.6 Å². The molecule has 0 saturated carbocycles. The molecule has 0 spiro atoms. The lowest BCUT2D eigenvalue weighted by molar-refractivity contribution is -0.139.